The van der Waals surface area contributed by atoms with Crippen molar-refractivity contribution in [2.45, 2.75) is 31.9 Å². The maximum absolute atomic E-state index is 12.9. The van der Waals surface area contributed by atoms with Crippen LogP contribution in [0.4, 0.5) is 0 Å². The van der Waals surface area contributed by atoms with Gasteiger partial charge in [-0.2, -0.15) is 0 Å². The molecule has 0 radical (unpaired) electrons. The number of nitrogens with zero attached hydrogens (tertiary/aromatic N) is 2. The molecule has 0 aliphatic carbocycles. The summed E-state index contributed by atoms with van der Waals surface area (Å²) in [5.74, 6) is 0.503. The number of piperidine rings is 1. The van der Waals surface area contributed by atoms with Crippen LogP contribution in [0.1, 0.15) is 24.2 Å². The van der Waals surface area contributed by atoms with E-state index in [4.69, 9.17) is 16.3 Å². The Morgan fingerprint density at radius 2 is 1.96 bits per heavy atom. The molecule has 25 heavy (non-hydrogen) atoms. The summed E-state index contributed by atoms with van der Waals surface area (Å²) in [4.78, 5) is 21.4. The summed E-state index contributed by atoms with van der Waals surface area (Å²) < 4.78 is 6.12. The van der Waals surface area contributed by atoms with E-state index in [1.54, 1.807) is 36.7 Å². The maximum Gasteiger partial charge on any atom is 0.264 e. The summed E-state index contributed by atoms with van der Waals surface area (Å²) >= 11 is 5.92. The largest absolute Gasteiger partial charge is 0.477 e. The number of rotatable bonds is 5. The van der Waals surface area contributed by atoms with Crippen LogP contribution in [0.2, 0.25) is 5.02 Å². The number of carbonyl (C=O) groups is 1. The number of nitrogens with one attached hydrogen (secondary N) is 2. The first kappa shape index (κ1) is 17.6. The molecular weight excluding hydrogens is 340 g/mol. The van der Waals surface area contributed by atoms with Gasteiger partial charge in [-0.1, -0.05) is 11.6 Å². The minimum absolute atomic E-state index is 0.133. The number of ether oxygens (including phenoxy) is 1. The first-order valence-electron chi connectivity index (χ1n) is 8.29. The van der Waals surface area contributed by atoms with E-state index in [9.17, 15) is 4.79 Å². The van der Waals surface area contributed by atoms with Gasteiger partial charge in [0.2, 0.25) is 0 Å². The van der Waals surface area contributed by atoms with Gasteiger partial charge in [-0.15, -0.1) is 0 Å². The predicted octanol–water partition coefficient (Wildman–Crippen LogP) is 2.26. The van der Waals surface area contributed by atoms with Crippen molar-refractivity contribution < 1.29 is 9.53 Å². The second-order valence-corrected chi connectivity index (χ2v) is 6.57. The van der Waals surface area contributed by atoms with E-state index >= 15 is 0 Å². The van der Waals surface area contributed by atoms with Gasteiger partial charge in [0.1, 0.15) is 5.75 Å². The van der Waals surface area contributed by atoms with Crippen molar-refractivity contribution in [3.8, 4) is 5.75 Å². The van der Waals surface area contributed by atoms with Gasteiger partial charge >= 0.3 is 0 Å². The molecule has 0 atom stereocenters. The highest BCUT2D eigenvalue weighted by molar-refractivity contribution is 6.30. The zero-order chi connectivity index (χ0) is 17.7. The third kappa shape index (κ3) is 4.46. The Bertz CT molecular complexity index is 713. The Labute approximate surface area is 152 Å². The first-order chi connectivity index (χ1) is 12.1. The number of halogens is 1. The van der Waals surface area contributed by atoms with E-state index in [-0.39, 0.29) is 5.91 Å². The van der Waals surface area contributed by atoms with Crippen LogP contribution in [0.25, 0.3) is 0 Å². The Morgan fingerprint density at radius 3 is 2.60 bits per heavy atom. The lowest BCUT2D eigenvalue weighted by atomic mass is 9.91. The molecule has 1 aliphatic rings. The third-order valence-corrected chi connectivity index (χ3v) is 4.47. The van der Waals surface area contributed by atoms with Gasteiger partial charge in [-0.25, -0.2) is 0 Å². The van der Waals surface area contributed by atoms with Gasteiger partial charge in [-0.05, 0) is 44.3 Å². The zero-order valence-electron chi connectivity index (χ0n) is 14.1. The molecular formula is C18H21ClN4O2. The number of benzene rings is 1. The van der Waals surface area contributed by atoms with Crippen LogP contribution in [0.15, 0.2) is 36.7 Å². The molecule has 1 aromatic carbocycles. The van der Waals surface area contributed by atoms with Crippen LogP contribution >= 0.6 is 11.6 Å². The van der Waals surface area contributed by atoms with Gasteiger partial charge in [0.05, 0.1) is 24.1 Å². The minimum Gasteiger partial charge on any atom is -0.477 e. The fourth-order valence-electron chi connectivity index (χ4n) is 2.78. The molecule has 1 fully saturated rings. The van der Waals surface area contributed by atoms with Crippen molar-refractivity contribution >= 4 is 17.5 Å². The number of hydrogen-bond acceptors (Lipinski definition) is 5. The molecule has 2 aromatic rings. The van der Waals surface area contributed by atoms with Crippen molar-refractivity contribution in [3.05, 3.63) is 53.1 Å². The van der Waals surface area contributed by atoms with Gasteiger partial charge in [0.15, 0.2) is 5.60 Å². The van der Waals surface area contributed by atoms with Gasteiger partial charge in [-0.3, -0.25) is 14.8 Å². The van der Waals surface area contributed by atoms with Crippen LogP contribution in [0.5, 0.6) is 5.75 Å². The molecule has 1 aliphatic heterocycles. The van der Waals surface area contributed by atoms with Crippen LogP contribution in [0.3, 0.4) is 0 Å². The molecule has 0 saturated carbocycles. The lowest BCUT2D eigenvalue weighted by Crippen LogP contribution is -2.56. The Morgan fingerprint density at radius 1 is 1.24 bits per heavy atom. The normalized spacial score (nSPS) is 16.2. The van der Waals surface area contributed by atoms with Crippen LogP contribution in [-0.4, -0.2) is 34.6 Å². The molecule has 0 spiro atoms. The predicted molar refractivity (Wildman–Crippen MR) is 95.5 cm³/mol. The number of amides is 1. The summed E-state index contributed by atoms with van der Waals surface area (Å²) in [6.07, 6.45) is 4.55. The molecule has 6 nitrogen and oxygen atoms in total. The van der Waals surface area contributed by atoms with Crippen LogP contribution < -0.4 is 15.4 Å². The average molecular weight is 361 g/mol. The van der Waals surface area contributed by atoms with Crippen molar-refractivity contribution in [1.29, 1.82) is 0 Å². The lowest BCUT2D eigenvalue weighted by Gasteiger charge is -2.36. The second-order valence-electron chi connectivity index (χ2n) is 6.13. The minimum atomic E-state index is -0.892. The Balaban J connectivity index is 1.71. The highest BCUT2D eigenvalue weighted by Crippen LogP contribution is 2.28. The fraction of sp³-hybridized carbons (Fsp3) is 0.389. The van der Waals surface area contributed by atoms with Gasteiger partial charge in [0.25, 0.3) is 5.91 Å². The fourth-order valence-corrected chi connectivity index (χ4v) is 2.90. The second kappa shape index (κ2) is 7.80. The summed E-state index contributed by atoms with van der Waals surface area (Å²) in [5, 5.41) is 6.84. The van der Waals surface area contributed by atoms with E-state index in [1.165, 1.54) is 0 Å². The highest BCUT2D eigenvalue weighted by atomic mass is 35.5. The number of aryl methyl sites for hydroxylation is 1. The SMILES string of the molecule is Cc1cnc(CNC(=O)C2(Oc3ccc(Cl)cc3)CCNCC2)cn1. The monoisotopic (exact) mass is 360 g/mol. The lowest BCUT2D eigenvalue weighted by molar-refractivity contribution is -0.139. The molecule has 1 aromatic heterocycles. The molecule has 132 valence electrons. The summed E-state index contributed by atoms with van der Waals surface area (Å²) in [7, 11) is 0. The quantitative estimate of drug-likeness (QED) is 0.855. The van der Waals surface area contributed by atoms with Crippen molar-refractivity contribution in [2.24, 2.45) is 0 Å². The van der Waals surface area contributed by atoms with E-state index in [1.807, 2.05) is 6.92 Å². The van der Waals surface area contributed by atoms with Crippen molar-refractivity contribution in [3.63, 3.8) is 0 Å². The van der Waals surface area contributed by atoms with E-state index in [0.29, 0.717) is 30.2 Å². The summed E-state index contributed by atoms with van der Waals surface area (Å²) in [5.41, 5.74) is 0.669. The van der Waals surface area contributed by atoms with Crippen molar-refractivity contribution in [1.82, 2.24) is 20.6 Å². The van der Waals surface area contributed by atoms with Crippen LogP contribution in [0, 0.1) is 6.92 Å². The van der Waals surface area contributed by atoms with E-state index in [2.05, 4.69) is 20.6 Å². The van der Waals surface area contributed by atoms with Gasteiger partial charge < -0.3 is 15.4 Å². The molecule has 7 heteroatoms. The molecule has 0 bridgehead atoms. The molecule has 0 unspecified atom stereocenters. The molecule has 2 heterocycles. The highest BCUT2D eigenvalue weighted by Gasteiger charge is 2.42. The molecule has 1 amide bonds. The number of aromatic nitrogens is 2. The standard InChI is InChI=1S/C18H21ClN4O2/c1-13-10-22-15(11-21-13)12-23-17(24)18(6-8-20-9-7-18)25-16-4-2-14(19)3-5-16/h2-5,10-11,20H,6-9,12H2,1H3,(H,23,24). The number of carbonyl (C=O) groups excluding carboxylic acids is 1. The summed E-state index contributed by atoms with van der Waals surface area (Å²) in [6.45, 7) is 3.65. The van der Waals surface area contributed by atoms with E-state index < -0.39 is 5.60 Å². The smallest absolute Gasteiger partial charge is 0.264 e. The van der Waals surface area contributed by atoms with Crippen molar-refractivity contribution in [2.75, 3.05) is 13.1 Å². The van der Waals surface area contributed by atoms with Crippen LogP contribution in [-0.2, 0) is 11.3 Å². The molecule has 2 N–H and O–H groups in total. The Hall–Kier alpha value is -2.18. The Kier molecular flexibility index (Phi) is 5.50. The van der Waals surface area contributed by atoms with Gasteiger partial charge in [0, 0.05) is 24.1 Å². The van der Waals surface area contributed by atoms with E-state index in [0.717, 1.165) is 24.5 Å². The summed E-state index contributed by atoms with van der Waals surface area (Å²) in [6, 6.07) is 7.08. The average Bonchev–Trinajstić information content (AvgIpc) is 2.64. The number of hydrogen-bond donors (Lipinski definition) is 2. The topological polar surface area (TPSA) is 76.1 Å². The molecule has 3 rings (SSSR count). The first-order valence-corrected chi connectivity index (χ1v) is 8.66. The third-order valence-electron chi connectivity index (χ3n) is 4.22. The molecule has 1 saturated heterocycles. The maximum atomic E-state index is 12.9. The zero-order valence-corrected chi connectivity index (χ0v) is 14.8.